The number of nitrogens with zero attached hydrogens (tertiary/aromatic N) is 3. The number of aryl methyl sites for hydroxylation is 1. The van der Waals surface area contributed by atoms with Gasteiger partial charge in [-0.1, -0.05) is 23.7 Å². The second-order valence-corrected chi connectivity index (χ2v) is 9.20. The highest BCUT2D eigenvalue weighted by Gasteiger charge is 2.30. The maximum Gasteiger partial charge on any atom is 0.416 e. The van der Waals surface area contributed by atoms with Gasteiger partial charge >= 0.3 is 6.18 Å². The van der Waals surface area contributed by atoms with Crippen LogP contribution in [0.4, 0.5) is 13.2 Å². The molecule has 3 aromatic rings. The lowest BCUT2D eigenvalue weighted by Gasteiger charge is -2.34. The molecular weight excluding hydrogens is 463 g/mol. The highest BCUT2D eigenvalue weighted by atomic mass is 35.5. The van der Waals surface area contributed by atoms with Crippen LogP contribution in [-0.4, -0.2) is 52.9 Å². The summed E-state index contributed by atoms with van der Waals surface area (Å²) in [5.74, 6) is 0.0254. The van der Waals surface area contributed by atoms with Crippen LogP contribution in [-0.2, 0) is 12.7 Å². The first-order valence-electron chi connectivity index (χ1n) is 11.2. The normalized spacial score (nSPS) is 15.6. The zero-order valence-corrected chi connectivity index (χ0v) is 20.0. The molecule has 1 aliphatic rings. The Morgan fingerprint density at radius 3 is 2.09 bits per heavy atom. The first-order chi connectivity index (χ1) is 16.1. The second-order valence-electron chi connectivity index (χ2n) is 8.77. The number of benzene rings is 2. The monoisotopic (exact) mass is 489 g/mol. The standard InChI is InChI=1S/C26H27ClF3N3O/c1-18-15-24(19(2)33(18)23-9-5-21(6-10-23)26(28,29)30)25(34)17-32-13-11-31(12-14-32)16-20-3-7-22(27)8-4-20/h3-10,15H,11-14,16-17H2,1-2H3. The fraction of sp³-hybridized carbons (Fsp3) is 0.346. The number of carbonyl (C=O) groups excluding carboxylic acids is 1. The molecule has 4 nitrogen and oxygen atoms in total. The van der Waals surface area contributed by atoms with Crippen LogP contribution < -0.4 is 0 Å². The summed E-state index contributed by atoms with van der Waals surface area (Å²) in [7, 11) is 0. The van der Waals surface area contributed by atoms with Gasteiger partial charge in [0.1, 0.15) is 0 Å². The lowest BCUT2D eigenvalue weighted by Crippen LogP contribution is -2.47. The van der Waals surface area contributed by atoms with E-state index >= 15 is 0 Å². The summed E-state index contributed by atoms with van der Waals surface area (Å²) in [5, 5.41) is 0.727. The molecule has 34 heavy (non-hydrogen) atoms. The molecule has 4 rings (SSSR count). The number of alkyl halides is 3. The number of ketones is 1. The highest BCUT2D eigenvalue weighted by molar-refractivity contribution is 6.30. The van der Waals surface area contributed by atoms with E-state index in [1.807, 2.05) is 48.7 Å². The summed E-state index contributed by atoms with van der Waals surface area (Å²) in [6.45, 7) is 8.23. The number of hydrogen-bond donors (Lipinski definition) is 0. The summed E-state index contributed by atoms with van der Waals surface area (Å²) < 4.78 is 40.5. The van der Waals surface area contributed by atoms with Crippen molar-refractivity contribution in [1.82, 2.24) is 14.4 Å². The Labute approximate surface area is 202 Å². The van der Waals surface area contributed by atoms with Crippen LogP contribution in [0.5, 0.6) is 0 Å². The van der Waals surface area contributed by atoms with E-state index in [2.05, 4.69) is 9.80 Å². The van der Waals surface area contributed by atoms with Crippen LogP contribution in [0.2, 0.25) is 5.02 Å². The van der Waals surface area contributed by atoms with Crippen molar-refractivity contribution in [1.29, 1.82) is 0 Å². The van der Waals surface area contributed by atoms with Gasteiger partial charge < -0.3 is 4.57 Å². The second kappa shape index (κ2) is 9.94. The molecule has 2 aromatic carbocycles. The van der Waals surface area contributed by atoms with Crippen LogP contribution in [0.15, 0.2) is 54.6 Å². The molecule has 8 heteroatoms. The van der Waals surface area contributed by atoms with E-state index < -0.39 is 11.7 Å². The lowest BCUT2D eigenvalue weighted by molar-refractivity contribution is -0.137. The third-order valence-electron chi connectivity index (χ3n) is 6.34. The third-order valence-corrected chi connectivity index (χ3v) is 6.59. The van der Waals surface area contributed by atoms with Gasteiger partial charge in [-0.3, -0.25) is 14.6 Å². The number of hydrogen-bond acceptors (Lipinski definition) is 3. The van der Waals surface area contributed by atoms with Crippen molar-refractivity contribution in [2.24, 2.45) is 0 Å². The molecule has 0 spiro atoms. The molecular formula is C26H27ClF3N3O. The van der Waals surface area contributed by atoms with Gasteiger partial charge in [-0.15, -0.1) is 0 Å². The van der Waals surface area contributed by atoms with Crippen molar-refractivity contribution in [3.8, 4) is 5.69 Å². The van der Waals surface area contributed by atoms with Crippen LogP contribution in [0.25, 0.3) is 5.69 Å². The molecule has 1 fully saturated rings. The quantitative estimate of drug-likeness (QED) is 0.412. The van der Waals surface area contributed by atoms with Gasteiger partial charge in [-0.25, -0.2) is 0 Å². The molecule has 1 aliphatic heterocycles. The molecule has 0 radical (unpaired) electrons. The third kappa shape index (κ3) is 5.54. The summed E-state index contributed by atoms with van der Waals surface area (Å²) in [6.07, 6.45) is -4.38. The van der Waals surface area contributed by atoms with Gasteiger partial charge in [0.2, 0.25) is 0 Å². The van der Waals surface area contributed by atoms with Crippen molar-refractivity contribution >= 4 is 17.4 Å². The molecule has 1 aromatic heterocycles. The Hall–Kier alpha value is -2.61. The number of Topliss-reactive ketones (excluding diaryl/α,β-unsaturated/α-hetero) is 1. The molecule has 2 heterocycles. The SMILES string of the molecule is Cc1cc(C(=O)CN2CCN(Cc3ccc(Cl)cc3)CC2)c(C)n1-c1ccc(C(F)(F)F)cc1. The largest absolute Gasteiger partial charge is 0.416 e. The van der Waals surface area contributed by atoms with Gasteiger partial charge in [0.05, 0.1) is 12.1 Å². The molecule has 0 bridgehead atoms. The van der Waals surface area contributed by atoms with Gasteiger partial charge in [0.25, 0.3) is 0 Å². The first kappa shape index (κ1) is 24.5. The van der Waals surface area contributed by atoms with E-state index in [4.69, 9.17) is 11.6 Å². The molecule has 0 N–H and O–H groups in total. The Morgan fingerprint density at radius 1 is 0.912 bits per heavy atom. The number of rotatable bonds is 6. The van der Waals surface area contributed by atoms with Crippen LogP contribution in [0.1, 0.15) is 32.9 Å². The van der Waals surface area contributed by atoms with Crippen molar-refractivity contribution in [2.75, 3.05) is 32.7 Å². The van der Waals surface area contributed by atoms with Gasteiger partial charge in [0, 0.05) is 60.4 Å². The van der Waals surface area contributed by atoms with Crippen molar-refractivity contribution in [3.05, 3.63) is 87.7 Å². The van der Waals surface area contributed by atoms with Crippen molar-refractivity contribution in [3.63, 3.8) is 0 Å². The molecule has 0 saturated carbocycles. The minimum atomic E-state index is -4.38. The molecule has 0 amide bonds. The van der Waals surface area contributed by atoms with Crippen LogP contribution >= 0.6 is 11.6 Å². The van der Waals surface area contributed by atoms with Crippen molar-refractivity contribution in [2.45, 2.75) is 26.6 Å². The average Bonchev–Trinajstić information content (AvgIpc) is 3.10. The predicted octanol–water partition coefficient (Wildman–Crippen LogP) is 5.77. The zero-order chi connectivity index (χ0) is 24.5. The van der Waals surface area contributed by atoms with Gasteiger partial charge in [0.15, 0.2) is 5.78 Å². The summed E-state index contributed by atoms with van der Waals surface area (Å²) in [5.41, 5.74) is 3.30. The fourth-order valence-electron chi connectivity index (χ4n) is 4.48. The molecule has 180 valence electrons. The first-order valence-corrected chi connectivity index (χ1v) is 11.6. The number of halogens is 4. The van der Waals surface area contributed by atoms with Gasteiger partial charge in [-0.2, -0.15) is 13.2 Å². The number of carbonyl (C=O) groups is 1. The minimum absolute atomic E-state index is 0.0254. The van der Waals surface area contributed by atoms with E-state index in [0.717, 1.165) is 61.3 Å². The molecule has 1 saturated heterocycles. The van der Waals surface area contributed by atoms with Crippen LogP contribution in [0, 0.1) is 13.8 Å². The summed E-state index contributed by atoms with van der Waals surface area (Å²) >= 11 is 5.96. The lowest BCUT2D eigenvalue weighted by atomic mass is 10.1. The number of piperazine rings is 1. The average molecular weight is 490 g/mol. The Balaban J connectivity index is 1.38. The Bertz CT molecular complexity index is 1150. The van der Waals surface area contributed by atoms with E-state index in [0.29, 0.717) is 17.8 Å². The van der Waals surface area contributed by atoms with Crippen molar-refractivity contribution < 1.29 is 18.0 Å². The minimum Gasteiger partial charge on any atom is -0.318 e. The maximum atomic E-state index is 13.1. The molecule has 0 unspecified atom stereocenters. The van der Waals surface area contributed by atoms with Crippen LogP contribution in [0.3, 0.4) is 0 Å². The summed E-state index contributed by atoms with van der Waals surface area (Å²) in [4.78, 5) is 17.6. The van der Waals surface area contributed by atoms with E-state index in [-0.39, 0.29) is 5.78 Å². The molecule has 0 atom stereocenters. The predicted molar refractivity (Wildman–Crippen MR) is 128 cm³/mol. The van der Waals surface area contributed by atoms with Gasteiger partial charge in [-0.05, 0) is 61.9 Å². The number of aromatic nitrogens is 1. The molecule has 0 aliphatic carbocycles. The van der Waals surface area contributed by atoms with E-state index in [9.17, 15) is 18.0 Å². The zero-order valence-electron chi connectivity index (χ0n) is 19.2. The summed E-state index contributed by atoms with van der Waals surface area (Å²) in [6, 6.07) is 14.7. The topological polar surface area (TPSA) is 28.5 Å². The maximum absolute atomic E-state index is 13.1. The van der Waals surface area contributed by atoms with E-state index in [1.165, 1.54) is 17.7 Å². The smallest absolute Gasteiger partial charge is 0.318 e. The highest BCUT2D eigenvalue weighted by Crippen LogP contribution is 2.30. The van der Waals surface area contributed by atoms with E-state index in [1.54, 1.807) is 0 Å². The fourth-order valence-corrected chi connectivity index (χ4v) is 4.61. The Kier molecular flexibility index (Phi) is 7.17. The Morgan fingerprint density at radius 2 is 1.50 bits per heavy atom.